The average molecular weight is 165 g/mol. The lowest BCUT2D eigenvalue weighted by molar-refractivity contribution is 0.247. The van der Waals surface area contributed by atoms with Crippen LogP contribution in [-0.4, -0.2) is 11.0 Å². The standard InChI is InChI=1S/C6H7N5O/c12-6-8-10-11(9-6)5-2-1-3-7-4-5/h1-4,10H,(H2,8,9,12). The van der Waals surface area contributed by atoms with Crippen LogP contribution < -0.4 is 21.5 Å². The number of carbonyl (C=O) groups excluding carboxylic acids is 1. The van der Waals surface area contributed by atoms with E-state index in [1.807, 2.05) is 6.07 Å². The third-order valence-electron chi connectivity index (χ3n) is 1.40. The first-order valence-corrected chi connectivity index (χ1v) is 3.39. The molecule has 1 fully saturated rings. The van der Waals surface area contributed by atoms with Crippen molar-refractivity contribution in [1.29, 1.82) is 0 Å². The number of rotatable bonds is 1. The summed E-state index contributed by atoms with van der Waals surface area (Å²) in [6.07, 6.45) is 3.29. The van der Waals surface area contributed by atoms with Crippen LogP contribution in [0.2, 0.25) is 0 Å². The van der Waals surface area contributed by atoms with E-state index in [1.54, 1.807) is 18.5 Å². The van der Waals surface area contributed by atoms with E-state index in [4.69, 9.17) is 0 Å². The van der Waals surface area contributed by atoms with E-state index in [0.717, 1.165) is 5.69 Å². The molecule has 2 amide bonds. The second kappa shape index (κ2) is 2.67. The largest absolute Gasteiger partial charge is 0.350 e. The molecule has 2 rings (SSSR count). The number of aromatic nitrogens is 1. The molecule has 0 spiro atoms. The van der Waals surface area contributed by atoms with Crippen LogP contribution in [0.1, 0.15) is 0 Å². The van der Waals surface area contributed by atoms with E-state index >= 15 is 0 Å². The molecule has 0 saturated carbocycles. The zero-order chi connectivity index (χ0) is 8.39. The molecule has 1 aliphatic rings. The van der Waals surface area contributed by atoms with Crippen molar-refractivity contribution in [1.82, 2.24) is 21.4 Å². The van der Waals surface area contributed by atoms with Crippen molar-refractivity contribution >= 4 is 11.7 Å². The van der Waals surface area contributed by atoms with Gasteiger partial charge in [-0.25, -0.2) is 10.2 Å². The Morgan fingerprint density at radius 2 is 2.42 bits per heavy atom. The molecule has 0 aliphatic carbocycles. The van der Waals surface area contributed by atoms with Crippen molar-refractivity contribution in [2.75, 3.05) is 5.12 Å². The van der Waals surface area contributed by atoms with Gasteiger partial charge in [-0.05, 0) is 12.1 Å². The van der Waals surface area contributed by atoms with Crippen LogP contribution in [0.5, 0.6) is 0 Å². The minimum absolute atomic E-state index is 0.293. The van der Waals surface area contributed by atoms with Gasteiger partial charge in [-0.2, -0.15) is 5.12 Å². The third kappa shape index (κ3) is 1.15. The first-order valence-electron chi connectivity index (χ1n) is 3.39. The molecule has 1 saturated heterocycles. The van der Waals surface area contributed by atoms with Crippen molar-refractivity contribution in [2.24, 2.45) is 0 Å². The van der Waals surface area contributed by atoms with Gasteiger partial charge in [-0.3, -0.25) is 10.4 Å². The van der Waals surface area contributed by atoms with Crippen molar-refractivity contribution in [3.63, 3.8) is 0 Å². The van der Waals surface area contributed by atoms with Crippen molar-refractivity contribution in [3.8, 4) is 0 Å². The Bertz CT molecular complexity index is 287. The molecular formula is C6H7N5O. The molecule has 6 heteroatoms. The van der Waals surface area contributed by atoms with Gasteiger partial charge in [0.25, 0.3) is 0 Å². The van der Waals surface area contributed by atoms with Crippen LogP contribution in [-0.2, 0) is 0 Å². The summed E-state index contributed by atoms with van der Waals surface area (Å²) in [6, 6.07) is 3.30. The molecule has 3 N–H and O–H groups in total. The van der Waals surface area contributed by atoms with E-state index in [2.05, 4.69) is 21.4 Å². The number of carbonyl (C=O) groups is 1. The number of amides is 2. The molecule has 62 valence electrons. The first kappa shape index (κ1) is 6.86. The van der Waals surface area contributed by atoms with E-state index in [1.165, 1.54) is 5.12 Å². The molecule has 1 aromatic rings. The monoisotopic (exact) mass is 165 g/mol. The van der Waals surface area contributed by atoms with Crippen molar-refractivity contribution in [3.05, 3.63) is 24.5 Å². The zero-order valence-electron chi connectivity index (χ0n) is 6.11. The molecule has 1 aromatic heterocycles. The van der Waals surface area contributed by atoms with Gasteiger partial charge in [-0.1, -0.05) is 0 Å². The fourth-order valence-electron chi connectivity index (χ4n) is 0.879. The van der Waals surface area contributed by atoms with E-state index in [-0.39, 0.29) is 6.03 Å². The van der Waals surface area contributed by atoms with Gasteiger partial charge in [0.05, 0.1) is 11.9 Å². The highest BCUT2D eigenvalue weighted by atomic mass is 16.2. The Hall–Kier alpha value is -1.82. The lowest BCUT2D eigenvalue weighted by atomic mass is 10.4. The number of hydrogen-bond donors (Lipinski definition) is 3. The van der Waals surface area contributed by atoms with Crippen LogP contribution in [0.4, 0.5) is 10.5 Å². The SMILES string of the molecule is O=C1NNN(c2cccnc2)N1. The molecule has 0 unspecified atom stereocenters. The minimum Gasteiger partial charge on any atom is -0.262 e. The van der Waals surface area contributed by atoms with E-state index in [9.17, 15) is 4.79 Å². The van der Waals surface area contributed by atoms with E-state index in [0.29, 0.717) is 0 Å². The molecule has 1 aliphatic heterocycles. The van der Waals surface area contributed by atoms with Gasteiger partial charge in [0, 0.05) is 6.20 Å². The maximum atomic E-state index is 10.7. The van der Waals surface area contributed by atoms with E-state index < -0.39 is 0 Å². The quantitative estimate of drug-likeness (QED) is 0.526. The van der Waals surface area contributed by atoms with Gasteiger partial charge in [0.1, 0.15) is 0 Å². The molecule has 2 heterocycles. The topological polar surface area (TPSA) is 69.3 Å². The maximum absolute atomic E-state index is 10.7. The molecule has 0 atom stereocenters. The van der Waals surface area contributed by atoms with Crippen LogP contribution in [0.3, 0.4) is 0 Å². The Morgan fingerprint density at radius 1 is 1.50 bits per heavy atom. The predicted molar refractivity (Wildman–Crippen MR) is 41.5 cm³/mol. The summed E-state index contributed by atoms with van der Waals surface area (Å²) in [6.45, 7) is 0. The highest BCUT2D eigenvalue weighted by Crippen LogP contribution is 2.06. The summed E-state index contributed by atoms with van der Waals surface area (Å²) in [4.78, 5) is 14.6. The molecule has 0 bridgehead atoms. The summed E-state index contributed by atoms with van der Waals surface area (Å²) in [5, 5.41) is 1.44. The summed E-state index contributed by atoms with van der Waals surface area (Å²) >= 11 is 0. The summed E-state index contributed by atoms with van der Waals surface area (Å²) < 4.78 is 0. The normalized spacial score (nSPS) is 15.7. The minimum atomic E-state index is -0.293. The molecular weight excluding hydrogens is 158 g/mol. The molecule has 0 radical (unpaired) electrons. The predicted octanol–water partition coefficient (Wildman–Crippen LogP) is -0.465. The Balaban J connectivity index is 2.16. The van der Waals surface area contributed by atoms with Crippen LogP contribution in [0.15, 0.2) is 24.5 Å². The molecule has 6 nitrogen and oxygen atoms in total. The lowest BCUT2D eigenvalue weighted by Gasteiger charge is -2.13. The number of hydrazine groups is 3. The fraction of sp³-hybridized carbons (Fsp3) is 0. The lowest BCUT2D eigenvalue weighted by Crippen LogP contribution is -2.40. The summed E-state index contributed by atoms with van der Waals surface area (Å²) in [5.74, 6) is 0. The van der Waals surface area contributed by atoms with Crippen LogP contribution in [0, 0.1) is 0 Å². The third-order valence-corrected chi connectivity index (χ3v) is 1.40. The smallest absolute Gasteiger partial charge is 0.262 e. The highest BCUT2D eigenvalue weighted by molar-refractivity contribution is 5.77. The second-order valence-corrected chi connectivity index (χ2v) is 2.22. The van der Waals surface area contributed by atoms with Gasteiger partial charge in [0.15, 0.2) is 0 Å². The molecule has 0 aromatic carbocycles. The Morgan fingerprint density at radius 3 is 3.00 bits per heavy atom. The summed E-state index contributed by atoms with van der Waals surface area (Å²) in [7, 11) is 0. The second-order valence-electron chi connectivity index (χ2n) is 2.22. The van der Waals surface area contributed by atoms with Crippen LogP contribution >= 0.6 is 0 Å². The van der Waals surface area contributed by atoms with Gasteiger partial charge in [0.2, 0.25) is 0 Å². The number of nitrogens with zero attached hydrogens (tertiary/aromatic N) is 2. The fourth-order valence-corrected chi connectivity index (χ4v) is 0.879. The van der Waals surface area contributed by atoms with Gasteiger partial charge < -0.3 is 0 Å². The number of pyridine rings is 1. The van der Waals surface area contributed by atoms with Crippen molar-refractivity contribution < 1.29 is 4.79 Å². The molecule has 12 heavy (non-hydrogen) atoms. The van der Waals surface area contributed by atoms with Crippen LogP contribution in [0.25, 0.3) is 0 Å². The Labute approximate surface area is 68.5 Å². The summed E-state index contributed by atoms with van der Waals surface area (Å²) in [5.41, 5.74) is 8.23. The van der Waals surface area contributed by atoms with Crippen molar-refractivity contribution in [2.45, 2.75) is 0 Å². The first-order chi connectivity index (χ1) is 5.86. The average Bonchev–Trinajstić information content (AvgIpc) is 2.54. The van der Waals surface area contributed by atoms with Gasteiger partial charge >= 0.3 is 6.03 Å². The highest BCUT2D eigenvalue weighted by Gasteiger charge is 2.16. The maximum Gasteiger partial charge on any atom is 0.350 e. The number of anilines is 1. The number of hydrogen-bond acceptors (Lipinski definition) is 4. The Kier molecular flexibility index (Phi) is 1.52. The van der Waals surface area contributed by atoms with Gasteiger partial charge in [-0.15, -0.1) is 5.53 Å². The number of urea groups is 1. The zero-order valence-corrected chi connectivity index (χ0v) is 6.11. The number of nitrogens with one attached hydrogen (secondary N) is 3.